The van der Waals surface area contributed by atoms with Crippen LogP contribution < -0.4 is 0 Å². The molecule has 0 aromatic rings. The van der Waals surface area contributed by atoms with E-state index in [1.165, 1.54) is 0 Å². The summed E-state index contributed by atoms with van der Waals surface area (Å²) < 4.78 is 109. The van der Waals surface area contributed by atoms with Crippen LogP contribution in [0.3, 0.4) is 0 Å². The minimum Gasteiger partial charge on any atom is -0.199 e. The normalized spacial score (nSPS) is 22.2. The quantitative estimate of drug-likeness (QED) is 0.519. The molecule has 16 heavy (non-hydrogen) atoms. The highest BCUT2D eigenvalue weighted by molar-refractivity contribution is 5.43. The highest BCUT2D eigenvalue weighted by Crippen LogP contribution is 2.57. The topological polar surface area (TPSA) is 0 Å². The van der Waals surface area contributed by atoms with Crippen molar-refractivity contribution in [2.75, 3.05) is 0 Å². The summed E-state index contributed by atoms with van der Waals surface area (Å²) >= 11 is 0. The van der Waals surface area contributed by atoms with Crippen molar-refractivity contribution in [1.29, 1.82) is 0 Å². The third kappa shape index (κ3) is 1.49. The van der Waals surface area contributed by atoms with Gasteiger partial charge in [0.2, 0.25) is 5.83 Å². The molecule has 0 aromatic heterocycles. The molecule has 0 nitrogen and oxygen atoms in total. The Morgan fingerprint density at radius 2 is 1.44 bits per heavy atom. The molecule has 0 saturated carbocycles. The van der Waals surface area contributed by atoms with Gasteiger partial charge in [-0.25, -0.2) is 0 Å². The van der Waals surface area contributed by atoms with Crippen LogP contribution in [0.1, 0.15) is 0 Å². The molecule has 1 aliphatic carbocycles. The molecular weight excluding hydrogens is 255 g/mol. The van der Waals surface area contributed by atoms with Gasteiger partial charge in [0.05, 0.1) is 5.57 Å². The Labute approximate surface area is 82.0 Å². The molecule has 0 saturated heterocycles. The summed E-state index contributed by atoms with van der Waals surface area (Å²) in [5, 5.41) is 0. The zero-order valence-electron chi connectivity index (χ0n) is 6.98. The molecule has 0 radical (unpaired) electrons. The van der Waals surface area contributed by atoms with Crippen molar-refractivity contribution in [1.82, 2.24) is 0 Å². The van der Waals surface area contributed by atoms with E-state index in [0.29, 0.717) is 0 Å². The molecule has 0 bridgehead atoms. The Hall–Kier alpha value is -1.15. The Morgan fingerprint density at radius 3 is 1.69 bits per heavy atom. The molecule has 1 rings (SSSR count). The van der Waals surface area contributed by atoms with Crippen LogP contribution in [0.4, 0.5) is 39.5 Å². The molecule has 0 amide bonds. The Bertz CT molecular complexity index is 371. The van der Waals surface area contributed by atoms with Gasteiger partial charge in [-0.15, -0.1) is 0 Å². The van der Waals surface area contributed by atoms with Gasteiger partial charge < -0.3 is 0 Å². The largest absolute Gasteiger partial charge is 0.341 e. The first-order valence-corrected chi connectivity index (χ1v) is 3.53. The number of hydrogen-bond acceptors (Lipinski definition) is 0. The summed E-state index contributed by atoms with van der Waals surface area (Å²) in [4.78, 5) is 0. The van der Waals surface area contributed by atoms with E-state index in [1.807, 2.05) is 0 Å². The molecule has 0 unspecified atom stereocenters. The molecule has 0 N–H and O–H groups in total. The number of allylic oxidation sites excluding steroid dienone is 3. The molecule has 9 heteroatoms. The smallest absolute Gasteiger partial charge is 0.199 e. The molecular formula is C7HF9. The third-order valence-electron chi connectivity index (χ3n) is 1.86. The highest BCUT2D eigenvalue weighted by Gasteiger charge is 2.72. The van der Waals surface area contributed by atoms with E-state index in [1.54, 1.807) is 0 Å². The first-order valence-electron chi connectivity index (χ1n) is 3.53. The van der Waals surface area contributed by atoms with Gasteiger partial charge in [-0.2, -0.15) is 39.5 Å². The minimum atomic E-state index is -5.44. The van der Waals surface area contributed by atoms with Crippen molar-refractivity contribution in [3.8, 4) is 0 Å². The van der Waals surface area contributed by atoms with Crippen LogP contribution in [0.25, 0.3) is 0 Å². The summed E-state index contributed by atoms with van der Waals surface area (Å²) in [5.74, 6) is -19.1. The van der Waals surface area contributed by atoms with E-state index in [-0.39, 0.29) is 0 Å². The number of rotatable bonds is 2. The second-order valence-electron chi connectivity index (χ2n) is 2.90. The second kappa shape index (κ2) is 3.17. The van der Waals surface area contributed by atoms with Gasteiger partial charge >= 0.3 is 23.8 Å². The fourth-order valence-electron chi connectivity index (χ4n) is 0.989. The second-order valence-corrected chi connectivity index (χ2v) is 2.90. The lowest BCUT2D eigenvalue weighted by atomic mass is 9.84. The zero-order chi connectivity index (χ0) is 12.9. The average Bonchev–Trinajstić information content (AvgIpc) is 2.12. The molecule has 0 spiro atoms. The maximum atomic E-state index is 12.6. The zero-order valence-corrected chi connectivity index (χ0v) is 6.98. The standard InChI is InChI=1S/C7HF9/c8-3(4(9)10)6(13,14)2-1-5(11,12)7(2,15)16/h1H. The fourth-order valence-corrected chi connectivity index (χ4v) is 0.989. The number of halogens is 9. The minimum absolute atomic E-state index is 0.935. The van der Waals surface area contributed by atoms with Gasteiger partial charge in [0, 0.05) is 6.08 Å². The van der Waals surface area contributed by atoms with E-state index >= 15 is 0 Å². The van der Waals surface area contributed by atoms with Crippen LogP contribution in [0.15, 0.2) is 23.6 Å². The van der Waals surface area contributed by atoms with Gasteiger partial charge in [-0.3, -0.25) is 0 Å². The van der Waals surface area contributed by atoms with Crippen LogP contribution in [0.2, 0.25) is 0 Å². The summed E-state index contributed by atoms with van der Waals surface area (Å²) in [6.45, 7) is 0. The van der Waals surface area contributed by atoms with Gasteiger partial charge in [-0.05, 0) is 0 Å². The van der Waals surface area contributed by atoms with Crippen molar-refractivity contribution >= 4 is 0 Å². The molecule has 0 heterocycles. The van der Waals surface area contributed by atoms with E-state index in [4.69, 9.17) is 0 Å². The van der Waals surface area contributed by atoms with Crippen molar-refractivity contribution in [2.45, 2.75) is 17.8 Å². The molecule has 1 aliphatic rings. The van der Waals surface area contributed by atoms with Crippen molar-refractivity contribution in [3.63, 3.8) is 0 Å². The molecule has 0 fully saturated rings. The predicted molar refractivity (Wildman–Crippen MR) is 33.3 cm³/mol. The maximum Gasteiger partial charge on any atom is 0.341 e. The van der Waals surface area contributed by atoms with Gasteiger partial charge in [0.1, 0.15) is 0 Å². The van der Waals surface area contributed by atoms with Gasteiger partial charge in [-0.1, -0.05) is 0 Å². The maximum absolute atomic E-state index is 12.6. The molecule has 92 valence electrons. The monoisotopic (exact) mass is 256 g/mol. The summed E-state index contributed by atoms with van der Waals surface area (Å²) in [6.07, 6.45) is -4.48. The lowest BCUT2D eigenvalue weighted by Crippen LogP contribution is -2.54. The Balaban J connectivity index is 3.21. The summed E-state index contributed by atoms with van der Waals surface area (Å²) in [6, 6.07) is 0. The third-order valence-corrected chi connectivity index (χ3v) is 1.86. The van der Waals surface area contributed by atoms with Crippen molar-refractivity contribution in [2.24, 2.45) is 0 Å². The van der Waals surface area contributed by atoms with Crippen molar-refractivity contribution in [3.05, 3.63) is 23.6 Å². The fraction of sp³-hybridized carbons (Fsp3) is 0.429. The highest BCUT2D eigenvalue weighted by atomic mass is 19.3. The van der Waals surface area contributed by atoms with E-state index in [9.17, 15) is 39.5 Å². The lowest BCUT2D eigenvalue weighted by Gasteiger charge is -2.37. The molecule has 0 aromatic carbocycles. The van der Waals surface area contributed by atoms with Gasteiger partial charge in [0.15, 0.2) is 0 Å². The average molecular weight is 256 g/mol. The molecule has 0 aliphatic heterocycles. The van der Waals surface area contributed by atoms with Crippen LogP contribution in [0, 0.1) is 0 Å². The lowest BCUT2D eigenvalue weighted by molar-refractivity contribution is -0.201. The van der Waals surface area contributed by atoms with Crippen LogP contribution in [-0.4, -0.2) is 17.8 Å². The molecule has 0 atom stereocenters. The van der Waals surface area contributed by atoms with Crippen LogP contribution in [0.5, 0.6) is 0 Å². The summed E-state index contributed by atoms with van der Waals surface area (Å²) in [7, 11) is 0. The van der Waals surface area contributed by atoms with E-state index in [0.717, 1.165) is 0 Å². The Morgan fingerprint density at radius 1 is 1.00 bits per heavy atom. The first-order chi connectivity index (χ1) is 6.94. The predicted octanol–water partition coefficient (Wildman–Crippen LogP) is 3.91. The number of hydrogen-bond donors (Lipinski definition) is 0. The van der Waals surface area contributed by atoms with Gasteiger partial charge in [0.25, 0.3) is 0 Å². The first kappa shape index (κ1) is 12.9. The Kier molecular flexibility index (Phi) is 2.56. The SMILES string of the molecule is FC(F)=C(F)C(F)(F)C1=CC(F)(F)C1(F)F. The van der Waals surface area contributed by atoms with E-state index < -0.39 is 41.3 Å². The van der Waals surface area contributed by atoms with Crippen LogP contribution >= 0.6 is 0 Å². The van der Waals surface area contributed by atoms with Crippen molar-refractivity contribution < 1.29 is 39.5 Å². The van der Waals surface area contributed by atoms with E-state index in [2.05, 4.69) is 0 Å². The van der Waals surface area contributed by atoms with Crippen LogP contribution in [-0.2, 0) is 0 Å². The summed E-state index contributed by atoms with van der Waals surface area (Å²) in [5.41, 5.74) is -2.67. The number of alkyl halides is 6.